The number of benzene rings is 1. The fourth-order valence-corrected chi connectivity index (χ4v) is 5.62. The molecule has 0 unspecified atom stereocenters. The number of carbonyl (C=O) groups is 2. The van der Waals surface area contributed by atoms with Crippen molar-refractivity contribution in [3.8, 4) is 0 Å². The molecule has 2 amide bonds. The molecule has 1 heterocycles. The highest BCUT2D eigenvalue weighted by molar-refractivity contribution is 7.89. The van der Waals surface area contributed by atoms with Gasteiger partial charge in [-0.05, 0) is 31.4 Å². The molecule has 160 valence electrons. The van der Waals surface area contributed by atoms with Crippen molar-refractivity contribution in [1.29, 1.82) is 0 Å². The van der Waals surface area contributed by atoms with E-state index < -0.39 is 10.0 Å². The second-order valence-electron chi connectivity index (χ2n) is 7.83. The van der Waals surface area contributed by atoms with Crippen LogP contribution in [0.2, 0.25) is 0 Å². The van der Waals surface area contributed by atoms with E-state index in [2.05, 4.69) is 5.32 Å². The monoisotopic (exact) mass is 421 g/mol. The lowest BCUT2D eigenvalue weighted by Crippen LogP contribution is -2.42. The highest BCUT2D eigenvalue weighted by atomic mass is 32.2. The van der Waals surface area contributed by atoms with Gasteiger partial charge in [0.05, 0.1) is 4.90 Å². The van der Waals surface area contributed by atoms with Gasteiger partial charge in [0.25, 0.3) is 0 Å². The number of hydrogen-bond donors (Lipinski definition) is 1. The first kappa shape index (κ1) is 21.8. The average Bonchev–Trinajstić information content (AvgIpc) is 2.79. The zero-order chi connectivity index (χ0) is 20.7. The van der Waals surface area contributed by atoms with Crippen molar-refractivity contribution in [3.05, 3.63) is 30.3 Å². The van der Waals surface area contributed by atoms with Gasteiger partial charge in [-0.3, -0.25) is 9.59 Å². The van der Waals surface area contributed by atoms with E-state index in [1.165, 1.54) is 10.7 Å². The van der Waals surface area contributed by atoms with Crippen molar-refractivity contribution in [3.63, 3.8) is 0 Å². The van der Waals surface area contributed by atoms with Crippen molar-refractivity contribution in [2.75, 3.05) is 32.7 Å². The van der Waals surface area contributed by atoms with E-state index in [1.807, 2.05) is 4.90 Å². The van der Waals surface area contributed by atoms with Gasteiger partial charge in [0.2, 0.25) is 21.8 Å². The van der Waals surface area contributed by atoms with E-state index >= 15 is 0 Å². The highest BCUT2D eigenvalue weighted by Crippen LogP contribution is 2.25. The maximum Gasteiger partial charge on any atom is 0.243 e. The molecule has 7 nitrogen and oxygen atoms in total. The Balaban J connectivity index is 1.71. The molecule has 29 heavy (non-hydrogen) atoms. The third-order valence-electron chi connectivity index (χ3n) is 5.77. The molecule has 0 spiro atoms. The van der Waals surface area contributed by atoms with Gasteiger partial charge in [-0.1, -0.05) is 37.5 Å². The van der Waals surface area contributed by atoms with Crippen molar-refractivity contribution < 1.29 is 18.0 Å². The van der Waals surface area contributed by atoms with Crippen LogP contribution in [0.25, 0.3) is 0 Å². The zero-order valence-corrected chi connectivity index (χ0v) is 17.7. The van der Waals surface area contributed by atoms with Crippen LogP contribution in [0.4, 0.5) is 0 Å². The van der Waals surface area contributed by atoms with Crippen LogP contribution in [0, 0.1) is 5.92 Å². The van der Waals surface area contributed by atoms with Crippen molar-refractivity contribution in [2.24, 2.45) is 5.92 Å². The van der Waals surface area contributed by atoms with Crippen molar-refractivity contribution >= 4 is 21.8 Å². The lowest BCUT2D eigenvalue weighted by molar-refractivity contribution is -0.137. The summed E-state index contributed by atoms with van der Waals surface area (Å²) in [6.45, 7) is 1.82. The minimum absolute atomic E-state index is 0.0636. The van der Waals surface area contributed by atoms with Gasteiger partial charge in [-0.25, -0.2) is 8.42 Å². The van der Waals surface area contributed by atoms with E-state index in [1.54, 1.807) is 30.3 Å². The van der Waals surface area contributed by atoms with Crippen molar-refractivity contribution in [1.82, 2.24) is 14.5 Å². The van der Waals surface area contributed by atoms with Crippen LogP contribution in [0.5, 0.6) is 0 Å². The van der Waals surface area contributed by atoms with E-state index in [4.69, 9.17) is 0 Å². The van der Waals surface area contributed by atoms with Crippen LogP contribution in [-0.2, 0) is 19.6 Å². The molecule has 1 aromatic rings. The summed E-state index contributed by atoms with van der Waals surface area (Å²) >= 11 is 0. The van der Waals surface area contributed by atoms with Gasteiger partial charge >= 0.3 is 0 Å². The second kappa shape index (κ2) is 10.2. The number of sulfonamides is 1. The van der Waals surface area contributed by atoms with Gasteiger partial charge in [0.1, 0.15) is 0 Å². The number of nitrogens with one attached hydrogen (secondary N) is 1. The van der Waals surface area contributed by atoms with Crippen LogP contribution in [0.1, 0.15) is 44.9 Å². The van der Waals surface area contributed by atoms with Crippen LogP contribution in [0.3, 0.4) is 0 Å². The fourth-order valence-electron chi connectivity index (χ4n) is 4.12. The minimum Gasteiger partial charge on any atom is -0.354 e. The molecule has 1 N–H and O–H groups in total. The zero-order valence-electron chi connectivity index (χ0n) is 16.9. The topological polar surface area (TPSA) is 86.8 Å². The number of nitrogens with zero attached hydrogens (tertiary/aromatic N) is 2. The molecule has 2 fully saturated rings. The molecule has 0 atom stereocenters. The Morgan fingerprint density at radius 1 is 0.931 bits per heavy atom. The van der Waals surface area contributed by atoms with Gasteiger partial charge in [-0.2, -0.15) is 4.31 Å². The minimum atomic E-state index is -3.67. The molecule has 3 rings (SSSR count). The largest absolute Gasteiger partial charge is 0.354 e. The second-order valence-corrected chi connectivity index (χ2v) is 9.77. The number of hydrogen-bond acceptors (Lipinski definition) is 4. The van der Waals surface area contributed by atoms with E-state index in [0.29, 0.717) is 32.6 Å². The van der Waals surface area contributed by atoms with Crippen LogP contribution in [0.15, 0.2) is 35.2 Å². The SMILES string of the molecule is O=C1CCN(S(=O)(=O)c2ccccc2)CCCN(C(=O)C2CCCCC2)CCN1. The average molecular weight is 422 g/mol. The first-order valence-corrected chi connectivity index (χ1v) is 12.0. The maximum atomic E-state index is 13.0. The Labute approximate surface area is 173 Å². The molecule has 1 saturated heterocycles. The predicted octanol–water partition coefficient (Wildman–Crippen LogP) is 2.00. The number of amides is 2. The van der Waals surface area contributed by atoms with E-state index in [9.17, 15) is 18.0 Å². The predicted molar refractivity (Wildman–Crippen MR) is 111 cm³/mol. The molecule has 1 aliphatic carbocycles. The lowest BCUT2D eigenvalue weighted by Gasteiger charge is -2.30. The van der Waals surface area contributed by atoms with Gasteiger partial charge in [0.15, 0.2) is 0 Å². The summed E-state index contributed by atoms with van der Waals surface area (Å²) in [6.07, 6.45) is 5.88. The smallest absolute Gasteiger partial charge is 0.243 e. The summed E-state index contributed by atoms with van der Waals surface area (Å²) in [5, 5.41) is 2.83. The quantitative estimate of drug-likeness (QED) is 0.809. The lowest BCUT2D eigenvalue weighted by atomic mass is 9.88. The third kappa shape index (κ3) is 5.79. The summed E-state index contributed by atoms with van der Waals surface area (Å²) in [5.74, 6) is 0.0228. The standard InChI is InChI=1S/C21H31N3O4S/c25-20-12-16-24(29(27,28)19-10-5-2-6-11-19)15-7-14-23(17-13-22-20)21(26)18-8-3-1-4-9-18/h2,5-6,10-11,18H,1,3-4,7-9,12-17H2,(H,22,25). The molecule has 1 saturated carbocycles. The fraction of sp³-hybridized carbons (Fsp3) is 0.619. The summed E-state index contributed by atoms with van der Waals surface area (Å²) in [6, 6.07) is 8.29. The summed E-state index contributed by atoms with van der Waals surface area (Å²) < 4.78 is 27.4. The normalized spacial score (nSPS) is 21.2. The van der Waals surface area contributed by atoms with Gasteiger partial charge in [0, 0.05) is 45.1 Å². The summed E-state index contributed by atoms with van der Waals surface area (Å²) in [7, 11) is -3.67. The van der Waals surface area contributed by atoms with Crippen LogP contribution in [-0.4, -0.2) is 62.2 Å². The molecule has 1 aliphatic heterocycles. The van der Waals surface area contributed by atoms with E-state index in [-0.39, 0.29) is 35.6 Å². The Morgan fingerprint density at radius 3 is 2.38 bits per heavy atom. The van der Waals surface area contributed by atoms with Gasteiger partial charge in [-0.15, -0.1) is 0 Å². The Bertz CT molecular complexity index is 791. The van der Waals surface area contributed by atoms with Crippen molar-refractivity contribution in [2.45, 2.75) is 49.8 Å². The number of rotatable bonds is 3. The van der Waals surface area contributed by atoms with Gasteiger partial charge < -0.3 is 10.2 Å². The highest BCUT2D eigenvalue weighted by Gasteiger charge is 2.28. The Hall–Kier alpha value is -1.93. The maximum absolute atomic E-state index is 13.0. The Kier molecular flexibility index (Phi) is 7.66. The van der Waals surface area contributed by atoms with Crippen LogP contribution < -0.4 is 5.32 Å². The Morgan fingerprint density at radius 2 is 1.66 bits per heavy atom. The molecule has 2 aliphatic rings. The van der Waals surface area contributed by atoms with Crippen LogP contribution >= 0.6 is 0 Å². The number of carbonyl (C=O) groups excluding carboxylic acids is 2. The summed E-state index contributed by atoms with van der Waals surface area (Å²) in [4.78, 5) is 27.2. The molecule has 8 heteroatoms. The third-order valence-corrected chi connectivity index (χ3v) is 7.69. The first-order valence-electron chi connectivity index (χ1n) is 10.6. The summed E-state index contributed by atoms with van der Waals surface area (Å²) in [5.41, 5.74) is 0. The van der Waals surface area contributed by atoms with E-state index in [0.717, 1.165) is 25.7 Å². The first-order chi connectivity index (χ1) is 14.0. The molecule has 0 aromatic heterocycles. The molecule has 0 bridgehead atoms. The molecule has 0 radical (unpaired) electrons. The molecular weight excluding hydrogens is 390 g/mol. The molecular formula is C21H31N3O4S. The molecule has 1 aromatic carbocycles.